The van der Waals surface area contributed by atoms with Gasteiger partial charge in [0.2, 0.25) is 0 Å². The number of aromatic nitrogens is 1. The summed E-state index contributed by atoms with van der Waals surface area (Å²) < 4.78 is 5.49. The third-order valence-corrected chi connectivity index (χ3v) is 4.42. The van der Waals surface area contributed by atoms with Crippen LogP contribution in [0, 0.1) is 13.8 Å². The smallest absolute Gasteiger partial charge is 0.297 e. The summed E-state index contributed by atoms with van der Waals surface area (Å²) in [6, 6.07) is 7.18. The predicted octanol–water partition coefficient (Wildman–Crippen LogP) is 3.36. The van der Waals surface area contributed by atoms with E-state index in [1.165, 1.54) is 16.8 Å². The summed E-state index contributed by atoms with van der Waals surface area (Å²) in [5, 5.41) is 0. The molecule has 1 aliphatic rings. The second-order valence-corrected chi connectivity index (χ2v) is 5.72. The zero-order chi connectivity index (χ0) is 14.8. The Kier molecular flexibility index (Phi) is 4.06. The molecule has 0 unspecified atom stereocenters. The van der Waals surface area contributed by atoms with Crippen LogP contribution in [0.3, 0.4) is 0 Å². The second-order valence-electron chi connectivity index (χ2n) is 5.45. The van der Waals surface area contributed by atoms with Crippen LogP contribution in [0.15, 0.2) is 28.9 Å². The zero-order valence-corrected chi connectivity index (χ0v) is 13.2. The minimum atomic E-state index is 0.395. The number of nitrogens with zero attached hydrogens (tertiary/aromatic N) is 3. The lowest BCUT2D eigenvalue weighted by atomic mass is 10.1. The molecule has 0 amide bonds. The third-order valence-electron chi connectivity index (χ3n) is 4.14. The third kappa shape index (κ3) is 2.86. The summed E-state index contributed by atoms with van der Waals surface area (Å²) in [5.74, 6) is 0.395. The summed E-state index contributed by atoms with van der Waals surface area (Å²) in [5.41, 5.74) is 4.84. The van der Waals surface area contributed by atoms with Crippen molar-refractivity contribution in [3.63, 3.8) is 0 Å². The van der Waals surface area contributed by atoms with Crippen molar-refractivity contribution in [3.8, 4) is 0 Å². The molecule has 0 saturated carbocycles. The fraction of sp³-hybridized carbons (Fsp3) is 0.438. The Morgan fingerprint density at radius 1 is 1.14 bits per heavy atom. The lowest BCUT2D eigenvalue weighted by molar-refractivity contribution is 0.516. The molecule has 2 heterocycles. The van der Waals surface area contributed by atoms with Crippen LogP contribution in [0.5, 0.6) is 0 Å². The Balaban J connectivity index is 1.68. The van der Waals surface area contributed by atoms with Crippen molar-refractivity contribution in [2.24, 2.45) is 0 Å². The molecule has 21 heavy (non-hydrogen) atoms. The van der Waals surface area contributed by atoms with Gasteiger partial charge in [0.25, 0.3) is 6.01 Å². The van der Waals surface area contributed by atoms with Gasteiger partial charge in [-0.2, -0.15) is 4.98 Å². The Bertz CT molecular complexity index is 618. The summed E-state index contributed by atoms with van der Waals surface area (Å²) in [6.45, 7) is 8.13. The number of halogens is 1. The highest BCUT2D eigenvalue weighted by atomic mass is 35.5. The molecular weight excluding hydrogens is 286 g/mol. The van der Waals surface area contributed by atoms with Crippen LogP contribution in [0.25, 0.3) is 0 Å². The summed E-state index contributed by atoms with van der Waals surface area (Å²) in [6.07, 6.45) is 1.64. The fourth-order valence-electron chi connectivity index (χ4n) is 2.72. The first-order valence-electron chi connectivity index (χ1n) is 7.25. The largest absolute Gasteiger partial charge is 0.432 e. The molecule has 3 rings (SSSR count). The van der Waals surface area contributed by atoms with Crippen LogP contribution < -0.4 is 9.80 Å². The number of rotatable bonds is 3. The average molecular weight is 306 g/mol. The van der Waals surface area contributed by atoms with Gasteiger partial charge in [0, 0.05) is 31.9 Å². The SMILES string of the molecule is Cc1cccc(N2CCN(c3nc(CCl)co3)CC2)c1C. The first-order valence-corrected chi connectivity index (χ1v) is 7.79. The number of alkyl halides is 1. The quantitative estimate of drug-likeness (QED) is 0.814. The second kappa shape index (κ2) is 5.98. The molecule has 2 aromatic rings. The molecule has 1 saturated heterocycles. The van der Waals surface area contributed by atoms with E-state index in [0.29, 0.717) is 11.9 Å². The van der Waals surface area contributed by atoms with Crippen LogP contribution >= 0.6 is 11.6 Å². The zero-order valence-electron chi connectivity index (χ0n) is 12.5. The van der Waals surface area contributed by atoms with Gasteiger partial charge in [-0.05, 0) is 31.0 Å². The maximum Gasteiger partial charge on any atom is 0.297 e. The molecule has 1 aromatic heterocycles. The molecule has 0 spiro atoms. The molecule has 5 heteroatoms. The number of anilines is 2. The highest BCUT2D eigenvalue weighted by Crippen LogP contribution is 2.25. The van der Waals surface area contributed by atoms with Crippen molar-refractivity contribution in [2.45, 2.75) is 19.7 Å². The minimum Gasteiger partial charge on any atom is -0.432 e. The van der Waals surface area contributed by atoms with E-state index in [1.54, 1.807) is 6.26 Å². The van der Waals surface area contributed by atoms with Crippen molar-refractivity contribution in [3.05, 3.63) is 41.3 Å². The monoisotopic (exact) mass is 305 g/mol. The Hall–Kier alpha value is -1.68. The number of oxazole rings is 1. The lowest BCUT2D eigenvalue weighted by Gasteiger charge is -2.36. The molecule has 0 N–H and O–H groups in total. The maximum atomic E-state index is 5.77. The minimum absolute atomic E-state index is 0.395. The van der Waals surface area contributed by atoms with Gasteiger partial charge in [0.05, 0.1) is 11.6 Å². The van der Waals surface area contributed by atoms with Crippen LogP contribution in [0.1, 0.15) is 16.8 Å². The van der Waals surface area contributed by atoms with E-state index in [-0.39, 0.29) is 0 Å². The molecular formula is C16H20ClN3O. The predicted molar refractivity (Wildman–Crippen MR) is 86.4 cm³/mol. The molecule has 4 nitrogen and oxygen atoms in total. The number of aryl methyl sites for hydroxylation is 1. The van der Waals surface area contributed by atoms with Gasteiger partial charge in [0.15, 0.2) is 0 Å². The number of piperazine rings is 1. The Morgan fingerprint density at radius 3 is 2.52 bits per heavy atom. The average Bonchev–Trinajstić information content (AvgIpc) is 2.99. The number of hydrogen-bond donors (Lipinski definition) is 0. The van der Waals surface area contributed by atoms with E-state index in [0.717, 1.165) is 31.9 Å². The van der Waals surface area contributed by atoms with E-state index in [9.17, 15) is 0 Å². The summed E-state index contributed by atoms with van der Waals surface area (Å²) >= 11 is 5.77. The van der Waals surface area contributed by atoms with E-state index < -0.39 is 0 Å². The van der Waals surface area contributed by atoms with E-state index in [1.807, 2.05) is 0 Å². The topological polar surface area (TPSA) is 32.5 Å². The van der Waals surface area contributed by atoms with Crippen LogP contribution in [-0.4, -0.2) is 31.2 Å². The highest BCUT2D eigenvalue weighted by Gasteiger charge is 2.21. The standard InChI is InChI=1S/C16H20ClN3O/c1-12-4-3-5-15(13(12)2)19-6-8-20(9-7-19)16-18-14(10-17)11-21-16/h3-5,11H,6-10H2,1-2H3. The van der Waals surface area contributed by atoms with Crippen molar-refractivity contribution in [1.82, 2.24) is 4.98 Å². The summed E-state index contributed by atoms with van der Waals surface area (Å²) in [4.78, 5) is 9.00. The Morgan fingerprint density at radius 2 is 1.86 bits per heavy atom. The van der Waals surface area contributed by atoms with Crippen molar-refractivity contribution in [1.29, 1.82) is 0 Å². The molecule has 112 valence electrons. The Labute approximate surface area is 130 Å². The van der Waals surface area contributed by atoms with Crippen molar-refractivity contribution < 1.29 is 4.42 Å². The lowest BCUT2D eigenvalue weighted by Crippen LogP contribution is -2.47. The van der Waals surface area contributed by atoms with Crippen molar-refractivity contribution >= 4 is 23.3 Å². The normalized spacial score (nSPS) is 15.6. The van der Waals surface area contributed by atoms with E-state index in [2.05, 4.69) is 46.8 Å². The van der Waals surface area contributed by atoms with Gasteiger partial charge in [-0.25, -0.2) is 0 Å². The molecule has 0 atom stereocenters. The van der Waals surface area contributed by atoms with Crippen LogP contribution in [-0.2, 0) is 5.88 Å². The van der Waals surface area contributed by atoms with Gasteiger partial charge in [-0.15, -0.1) is 11.6 Å². The van der Waals surface area contributed by atoms with Gasteiger partial charge in [-0.1, -0.05) is 12.1 Å². The number of benzene rings is 1. The fourth-order valence-corrected chi connectivity index (χ4v) is 2.84. The molecule has 1 aromatic carbocycles. The molecule has 0 bridgehead atoms. The van der Waals surface area contributed by atoms with Crippen molar-refractivity contribution in [2.75, 3.05) is 36.0 Å². The van der Waals surface area contributed by atoms with Crippen LogP contribution in [0.2, 0.25) is 0 Å². The maximum absolute atomic E-state index is 5.77. The van der Waals surface area contributed by atoms with Gasteiger partial charge < -0.3 is 14.2 Å². The van der Waals surface area contributed by atoms with Gasteiger partial charge in [0.1, 0.15) is 6.26 Å². The molecule has 1 aliphatic heterocycles. The molecule has 0 radical (unpaired) electrons. The van der Waals surface area contributed by atoms with Gasteiger partial charge >= 0.3 is 0 Å². The molecule has 1 fully saturated rings. The molecule has 0 aliphatic carbocycles. The first kappa shape index (κ1) is 14.3. The van der Waals surface area contributed by atoms with E-state index in [4.69, 9.17) is 16.0 Å². The van der Waals surface area contributed by atoms with Crippen LogP contribution in [0.4, 0.5) is 11.7 Å². The first-order chi connectivity index (χ1) is 10.2. The summed E-state index contributed by atoms with van der Waals surface area (Å²) in [7, 11) is 0. The highest BCUT2D eigenvalue weighted by molar-refractivity contribution is 6.16. The van der Waals surface area contributed by atoms with Gasteiger partial charge in [-0.3, -0.25) is 0 Å². The number of hydrogen-bond acceptors (Lipinski definition) is 4. The van der Waals surface area contributed by atoms with E-state index >= 15 is 0 Å².